The molecule has 2 saturated heterocycles. The normalized spacial score (nSPS) is 20.2. The van der Waals surface area contributed by atoms with Gasteiger partial charge in [-0.3, -0.25) is 4.90 Å². The second-order valence-corrected chi connectivity index (χ2v) is 10.7. The molecule has 0 spiro atoms. The highest BCUT2D eigenvalue weighted by Crippen LogP contribution is 2.32. The Labute approximate surface area is 236 Å². The van der Waals surface area contributed by atoms with E-state index in [-0.39, 0.29) is 11.8 Å². The quantitative estimate of drug-likeness (QED) is 0.466. The Hall–Kier alpha value is -3.94. The largest absolute Gasteiger partial charge is 0.507 e. The molecule has 2 aliphatic heterocycles. The van der Waals surface area contributed by atoms with E-state index in [1.54, 1.807) is 18.3 Å². The fourth-order valence-electron chi connectivity index (χ4n) is 5.36. The number of nitrogens with zero attached hydrogens (tertiary/aromatic N) is 7. The highest BCUT2D eigenvalue weighted by molar-refractivity contribution is 5.74. The number of nitrogens with two attached hydrogens (primary N) is 1. The van der Waals surface area contributed by atoms with Crippen LogP contribution in [0.15, 0.2) is 42.6 Å². The maximum absolute atomic E-state index is 10.3. The van der Waals surface area contributed by atoms with Crippen molar-refractivity contribution in [1.82, 2.24) is 25.1 Å². The molecule has 0 aliphatic carbocycles. The van der Waals surface area contributed by atoms with E-state index in [9.17, 15) is 5.11 Å². The highest BCUT2D eigenvalue weighted by atomic mass is 16.5. The van der Waals surface area contributed by atoms with Crippen LogP contribution in [0.1, 0.15) is 33.0 Å². The Kier molecular flexibility index (Phi) is 8.63. The van der Waals surface area contributed by atoms with Crippen LogP contribution >= 0.6 is 0 Å². The predicted octanol–water partition coefficient (Wildman–Crippen LogP) is 3.03. The summed E-state index contributed by atoms with van der Waals surface area (Å²) in [7, 11) is 0. The van der Waals surface area contributed by atoms with Gasteiger partial charge >= 0.3 is 0 Å². The molecule has 2 aliphatic rings. The minimum Gasteiger partial charge on any atom is -0.507 e. The van der Waals surface area contributed by atoms with E-state index in [4.69, 9.17) is 15.5 Å². The van der Waals surface area contributed by atoms with Crippen molar-refractivity contribution in [1.29, 1.82) is 0 Å². The maximum atomic E-state index is 10.3. The molecule has 210 valence electrons. The molecule has 10 nitrogen and oxygen atoms in total. The summed E-state index contributed by atoms with van der Waals surface area (Å²) in [5.41, 5.74) is 8.31. The summed E-state index contributed by atoms with van der Waals surface area (Å²) in [6.45, 7) is 12.0. The number of anilines is 3. The molecule has 10 heteroatoms. The smallest absolute Gasteiger partial charge is 0.206 e. The molecule has 2 fully saturated rings. The zero-order chi connectivity index (χ0) is 28.1. The number of hydrogen-bond donors (Lipinski definition) is 2. The van der Waals surface area contributed by atoms with Gasteiger partial charge in [0, 0.05) is 50.0 Å². The number of aromatic hydroxyl groups is 1. The predicted molar refractivity (Wildman–Crippen MR) is 157 cm³/mol. The molecule has 3 aromatic rings. The third-order valence-electron chi connectivity index (χ3n) is 7.75. The summed E-state index contributed by atoms with van der Waals surface area (Å²) in [4.78, 5) is 16.2. The lowest BCUT2D eigenvalue weighted by molar-refractivity contribution is -0.0176. The van der Waals surface area contributed by atoms with Gasteiger partial charge in [-0.1, -0.05) is 31.9 Å². The average molecular weight is 543 g/mol. The number of ether oxygens (including phenoxy) is 1. The SMILES string of the molecule is CC(C)[C@H]1COCCN1CC#Cc1nccc(N2CCN(c3cc(-c4ccccc4O)nnc3N)CC[C@@H]2C)n1. The second kappa shape index (κ2) is 12.5. The lowest BCUT2D eigenvalue weighted by atomic mass is 10.0. The summed E-state index contributed by atoms with van der Waals surface area (Å²) in [6.07, 6.45) is 2.70. The first kappa shape index (κ1) is 27.6. The van der Waals surface area contributed by atoms with E-state index in [2.05, 4.69) is 62.5 Å². The van der Waals surface area contributed by atoms with Crippen LogP contribution in [0.2, 0.25) is 0 Å². The van der Waals surface area contributed by atoms with Crippen molar-refractivity contribution in [2.75, 3.05) is 61.5 Å². The van der Waals surface area contributed by atoms with E-state index in [1.807, 2.05) is 24.3 Å². The van der Waals surface area contributed by atoms with Gasteiger partial charge in [0.25, 0.3) is 0 Å². The van der Waals surface area contributed by atoms with Crippen molar-refractivity contribution in [2.45, 2.75) is 39.3 Å². The standard InChI is InChI=1S/C30H38N8O2/c1-21(2)26-20-40-18-17-36(26)13-6-9-28-32-12-10-29(33-28)38-16-15-37(14-11-22(38)3)25-19-24(34-35-30(25)31)23-7-4-5-8-27(23)39/h4-5,7-8,10,12,19,21-22,26,39H,11,13-18,20H2,1-3H3,(H2,31,35)/t22-,26+/m0/s1. The van der Waals surface area contributed by atoms with Crippen LogP contribution in [-0.2, 0) is 4.74 Å². The number of para-hydroxylation sites is 1. The number of nitrogen functional groups attached to an aromatic ring is 1. The Morgan fingerprint density at radius 1 is 1.12 bits per heavy atom. The third-order valence-corrected chi connectivity index (χ3v) is 7.75. The number of phenols is 1. The van der Waals surface area contributed by atoms with Crippen LogP contribution in [0.25, 0.3) is 11.3 Å². The fourth-order valence-corrected chi connectivity index (χ4v) is 5.36. The third kappa shape index (κ3) is 6.27. The van der Waals surface area contributed by atoms with Crippen LogP contribution in [0, 0.1) is 17.8 Å². The molecule has 2 aromatic heterocycles. The van der Waals surface area contributed by atoms with E-state index < -0.39 is 0 Å². The topological polar surface area (TPSA) is 117 Å². The molecule has 5 rings (SSSR count). The van der Waals surface area contributed by atoms with Gasteiger partial charge in [0.15, 0.2) is 5.82 Å². The first-order valence-electron chi connectivity index (χ1n) is 14.0. The molecule has 0 unspecified atom stereocenters. The Balaban J connectivity index is 1.29. The van der Waals surface area contributed by atoms with Gasteiger partial charge in [0.1, 0.15) is 11.6 Å². The number of benzene rings is 1. The highest BCUT2D eigenvalue weighted by Gasteiger charge is 2.26. The van der Waals surface area contributed by atoms with Crippen LogP contribution in [0.5, 0.6) is 5.75 Å². The molecule has 40 heavy (non-hydrogen) atoms. The first-order valence-corrected chi connectivity index (χ1v) is 14.0. The average Bonchev–Trinajstić information content (AvgIpc) is 3.15. The number of morpholine rings is 1. The van der Waals surface area contributed by atoms with E-state index in [0.717, 1.165) is 57.3 Å². The molecule has 1 aromatic carbocycles. The molecule has 4 heterocycles. The summed E-state index contributed by atoms with van der Waals surface area (Å²) < 4.78 is 5.67. The molecular formula is C30H38N8O2. The zero-order valence-electron chi connectivity index (χ0n) is 23.5. The molecular weight excluding hydrogens is 504 g/mol. The molecule has 2 atom stereocenters. The van der Waals surface area contributed by atoms with Gasteiger partial charge in [-0.05, 0) is 49.4 Å². The van der Waals surface area contributed by atoms with Crippen molar-refractivity contribution >= 4 is 17.3 Å². The van der Waals surface area contributed by atoms with Gasteiger partial charge in [-0.2, -0.15) is 0 Å². The Morgan fingerprint density at radius 2 is 1.98 bits per heavy atom. The number of phenolic OH excluding ortho intramolecular Hbond substituents is 1. The first-order chi connectivity index (χ1) is 19.4. The van der Waals surface area contributed by atoms with Crippen molar-refractivity contribution in [2.24, 2.45) is 5.92 Å². The van der Waals surface area contributed by atoms with Gasteiger partial charge in [0.2, 0.25) is 5.82 Å². The lowest BCUT2D eigenvalue weighted by Crippen LogP contribution is -2.48. The molecule has 0 amide bonds. The maximum Gasteiger partial charge on any atom is 0.206 e. The Bertz CT molecular complexity index is 1370. The number of aromatic nitrogens is 4. The zero-order valence-corrected chi connectivity index (χ0v) is 23.5. The van der Waals surface area contributed by atoms with E-state index in [1.165, 1.54) is 0 Å². The molecule has 0 bridgehead atoms. The van der Waals surface area contributed by atoms with Crippen LogP contribution in [0.4, 0.5) is 17.3 Å². The van der Waals surface area contributed by atoms with Crippen LogP contribution < -0.4 is 15.5 Å². The molecule has 3 N–H and O–H groups in total. The fraction of sp³-hybridized carbons (Fsp3) is 0.467. The minimum atomic E-state index is 0.163. The number of hydrogen-bond acceptors (Lipinski definition) is 10. The molecule has 0 saturated carbocycles. The van der Waals surface area contributed by atoms with Gasteiger partial charge in [0.05, 0.1) is 31.1 Å². The van der Waals surface area contributed by atoms with Gasteiger partial charge < -0.3 is 25.4 Å². The second-order valence-electron chi connectivity index (χ2n) is 10.7. The van der Waals surface area contributed by atoms with E-state index in [0.29, 0.717) is 41.4 Å². The van der Waals surface area contributed by atoms with Crippen LogP contribution in [-0.4, -0.2) is 88.2 Å². The number of rotatable bonds is 5. The van der Waals surface area contributed by atoms with Gasteiger partial charge in [-0.15, -0.1) is 10.2 Å². The van der Waals surface area contributed by atoms with Crippen LogP contribution in [0.3, 0.4) is 0 Å². The minimum absolute atomic E-state index is 0.163. The summed E-state index contributed by atoms with van der Waals surface area (Å²) >= 11 is 0. The lowest BCUT2D eigenvalue weighted by Gasteiger charge is -2.36. The van der Waals surface area contributed by atoms with Gasteiger partial charge in [-0.25, -0.2) is 9.97 Å². The summed E-state index contributed by atoms with van der Waals surface area (Å²) in [5, 5.41) is 18.7. The summed E-state index contributed by atoms with van der Waals surface area (Å²) in [5.74, 6) is 8.94. The monoisotopic (exact) mass is 542 g/mol. The van der Waals surface area contributed by atoms with Crippen molar-refractivity contribution in [3.05, 3.63) is 48.4 Å². The molecule has 0 radical (unpaired) electrons. The summed E-state index contributed by atoms with van der Waals surface area (Å²) in [6, 6.07) is 11.6. The van der Waals surface area contributed by atoms with E-state index >= 15 is 0 Å². The Morgan fingerprint density at radius 3 is 2.80 bits per heavy atom. The van der Waals surface area contributed by atoms with Crippen molar-refractivity contribution in [3.63, 3.8) is 0 Å². The van der Waals surface area contributed by atoms with Crippen molar-refractivity contribution in [3.8, 4) is 28.8 Å². The van der Waals surface area contributed by atoms with Crippen molar-refractivity contribution < 1.29 is 9.84 Å².